The number of aliphatic hydroxyl groups is 1. The highest BCUT2D eigenvalue weighted by atomic mass is 19.1. The third-order valence-electron chi connectivity index (χ3n) is 2.95. The van der Waals surface area contributed by atoms with Crippen molar-refractivity contribution >= 4 is 0 Å². The minimum atomic E-state index is -0.516. The lowest BCUT2D eigenvalue weighted by Gasteiger charge is -2.19. The van der Waals surface area contributed by atoms with Crippen molar-refractivity contribution in [2.45, 2.75) is 12.5 Å². The van der Waals surface area contributed by atoms with Crippen LogP contribution >= 0.6 is 0 Å². The number of halogens is 1. The summed E-state index contributed by atoms with van der Waals surface area (Å²) in [5.74, 6) is -0.0740. The van der Waals surface area contributed by atoms with Crippen molar-refractivity contribution in [1.82, 2.24) is 4.90 Å². The Morgan fingerprint density at radius 3 is 2.87 bits per heavy atom. The molecule has 15 heavy (non-hydrogen) atoms. The first kappa shape index (κ1) is 10.6. The minimum Gasteiger partial charge on any atom is -0.388 e. The molecule has 2 rings (SSSR count). The van der Waals surface area contributed by atoms with Crippen LogP contribution in [0, 0.1) is 11.7 Å². The second-order valence-electron chi connectivity index (χ2n) is 4.51. The van der Waals surface area contributed by atoms with E-state index >= 15 is 0 Å². The summed E-state index contributed by atoms with van der Waals surface area (Å²) >= 11 is 0. The van der Waals surface area contributed by atoms with Gasteiger partial charge in [-0.05, 0) is 43.8 Å². The molecule has 82 valence electrons. The van der Waals surface area contributed by atoms with Crippen LogP contribution in [-0.4, -0.2) is 30.6 Å². The summed E-state index contributed by atoms with van der Waals surface area (Å²) in [5, 5.41) is 10.0. The van der Waals surface area contributed by atoms with Crippen LogP contribution in [0.5, 0.6) is 0 Å². The fraction of sp³-hybridized carbons (Fsp3) is 0.500. The highest BCUT2D eigenvalue weighted by Gasteiger charge is 2.31. The topological polar surface area (TPSA) is 23.5 Å². The fourth-order valence-corrected chi connectivity index (χ4v) is 2.31. The lowest BCUT2D eigenvalue weighted by Crippen LogP contribution is -2.24. The number of nitrogens with zero attached hydrogens (tertiary/aromatic N) is 1. The van der Waals surface area contributed by atoms with Crippen molar-refractivity contribution in [2.75, 3.05) is 20.6 Å². The van der Waals surface area contributed by atoms with E-state index in [1.807, 2.05) is 14.1 Å². The molecule has 0 heterocycles. The normalized spacial score (nSPS) is 24.6. The zero-order valence-corrected chi connectivity index (χ0v) is 9.07. The summed E-state index contributed by atoms with van der Waals surface area (Å²) < 4.78 is 13.0. The summed E-state index contributed by atoms with van der Waals surface area (Å²) in [4.78, 5) is 2.05. The Labute approximate surface area is 89.3 Å². The molecular formula is C12H16FNO. The van der Waals surface area contributed by atoms with Crippen LogP contribution < -0.4 is 0 Å². The predicted octanol–water partition coefficient (Wildman–Crippen LogP) is 1.59. The second kappa shape index (κ2) is 3.91. The van der Waals surface area contributed by atoms with Crippen molar-refractivity contribution in [3.8, 4) is 0 Å². The van der Waals surface area contributed by atoms with Gasteiger partial charge in [-0.3, -0.25) is 0 Å². The molecule has 0 bridgehead atoms. The van der Waals surface area contributed by atoms with Gasteiger partial charge in [-0.2, -0.15) is 0 Å². The summed E-state index contributed by atoms with van der Waals surface area (Å²) in [6, 6.07) is 4.70. The number of fused-ring (bicyclic) bond motifs is 1. The van der Waals surface area contributed by atoms with E-state index in [-0.39, 0.29) is 11.7 Å². The fourth-order valence-electron chi connectivity index (χ4n) is 2.31. The van der Waals surface area contributed by atoms with Crippen LogP contribution in [-0.2, 0) is 6.42 Å². The van der Waals surface area contributed by atoms with Gasteiger partial charge in [-0.1, -0.05) is 6.07 Å². The third-order valence-corrected chi connectivity index (χ3v) is 2.95. The van der Waals surface area contributed by atoms with Crippen molar-refractivity contribution in [1.29, 1.82) is 0 Å². The van der Waals surface area contributed by atoms with Crippen LogP contribution in [0.15, 0.2) is 18.2 Å². The summed E-state index contributed by atoms with van der Waals surface area (Å²) in [6.45, 7) is 0.831. The molecule has 0 aliphatic heterocycles. The van der Waals surface area contributed by atoms with Crippen LogP contribution in [0.25, 0.3) is 0 Å². The van der Waals surface area contributed by atoms with Gasteiger partial charge < -0.3 is 10.0 Å². The monoisotopic (exact) mass is 209 g/mol. The summed E-state index contributed by atoms with van der Waals surface area (Å²) in [5.41, 5.74) is 1.85. The Hall–Kier alpha value is -0.930. The Kier molecular flexibility index (Phi) is 2.76. The molecule has 1 aliphatic carbocycles. The van der Waals surface area contributed by atoms with Gasteiger partial charge in [-0.15, -0.1) is 0 Å². The van der Waals surface area contributed by atoms with Crippen molar-refractivity contribution < 1.29 is 9.50 Å². The van der Waals surface area contributed by atoms with Gasteiger partial charge in [0.25, 0.3) is 0 Å². The Balaban J connectivity index is 2.22. The van der Waals surface area contributed by atoms with Crippen molar-refractivity contribution in [3.63, 3.8) is 0 Å². The van der Waals surface area contributed by atoms with E-state index in [2.05, 4.69) is 4.90 Å². The van der Waals surface area contributed by atoms with E-state index in [0.717, 1.165) is 24.1 Å². The summed E-state index contributed by atoms with van der Waals surface area (Å²) in [6.07, 6.45) is 0.327. The molecule has 0 aromatic heterocycles. The maximum absolute atomic E-state index is 13.0. The number of rotatable bonds is 2. The highest BCUT2D eigenvalue weighted by molar-refractivity contribution is 5.35. The Bertz CT molecular complexity index is 365. The van der Waals surface area contributed by atoms with Gasteiger partial charge in [0.2, 0.25) is 0 Å². The third kappa shape index (κ3) is 2.03. The molecule has 2 atom stereocenters. The zero-order chi connectivity index (χ0) is 11.0. The van der Waals surface area contributed by atoms with Crippen molar-refractivity contribution in [3.05, 3.63) is 35.1 Å². The Morgan fingerprint density at radius 1 is 1.47 bits per heavy atom. The van der Waals surface area contributed by atoms with Crippen LogP contribution in [0.4, 0.5) is 4.39 Å². The highest BCUT2D eigenvalue weighted by Crippen LogP contribution is 2.36. The first-order valence-electron chi connectivity index (χ1n) is 5.19. The van der Waals surface area contributed by atoms with E-state index in [1.54, 1.807) is 6.07 Å². The van der Waals surface area contributed by atoms with Crippen LogP contribution in [0.2, 0.25) is 0 Å². The molecule has 1 aromatic rings. The van der Waals surface area contributed by atoms with Gasteiger partial charge in [-0.25, -0.2) is 4.39 Å². The number of benzene rings is 1. The number of hydrogen-bond donors (Lipinski definition) is 1. The average Bonchev–Trinajstić information content (AvgIpc) is 2.44. The Morgan fingerprint density at radius 2 is 2.20 bits per heavy atom. The van der Waals surface area contributed by atoms with Gasteiger partial charge in [0.1, 0.15) is 5.82 Å². The lowest BCUT2D eigenvalue weighted by molar-refractivity contribution is 0.105. The zero-order valence-electron chi connectivity index (χ0n) is 9.07. The standard InChI is InChI=1S/C12H16FNO/c1-14(2)7-9-5-8-3-4-10(13)6-11(8)12(9)15/h3-4,6,9,12,15H,5,7H2,1-2H3. The largest absolute Gasteiger partial charge is 0.388 e. The molecule has 2 unspecified atom stereocenters. The first-order chi connectivity index (χ1) is 7.08. The molecule has 0 radical (unpaired) electrons. The molecule has 1 aromatic carbocycles. The molecule has 3 heteroatoms. The van der Waals surface area contributed by atoms with Crippen molar-refractivity contribution in [2.24, 2.45) is 5.92 Å². The van der Waals surface area contributed by atoms with Crippen LogP contribution in [0.3, 0.4) is 0 Å². The molecule has 0 amide bonds. The maximum atomic E-state index is 13.0. The van der Waals surface area contributed by atoms with E-state index in [4.69, 9.17) is 0 Å². The van der Waals surface area contributed by atoms with Gasteiger partial charge in [0.15, 0.2) is 0 Å². The SMILES string of the molecule is CN(C)CC1Cc2ccc(F)cc2C1O. The maximum Gasteiger partial charge on any atom is 0.123 e. The van der Waals surface area contributed by atoms with Crippen LogP contribution in [0.1, 0.15) is 17.2 Å². The van der Waals surface area contributed by atoms with E-state index in [0.29, 0.717) is 0 Å². The van der Waals surface area contributed by atoms with Gasteiger partial charge >= 0.3 is 0 Å². The lowest BCUT2D eigenvalue weighted by atomic mass is 10.0. The quantitative estimate of drug-likeness (QED) is 0.799. The molecule has 1 N–H and O–H groups in total. The second-order valence-corrected chi connectivity index (χ2v) is 4.51. The smallest absolute Gasteiger partial charge is 0.123 e. The average molecular weight is 209 g/mol. The molecule has 0 saturated carbocycles. The minimum absolute atomic E-state index is 0.191. The van der Waals surface area contributed by atoms with Gasteiger partial charge in [0.05, 0.1) is 6.10 Å². The van der Waals surface area contributed by atoms with E-state index in [1.165, 1.54) is 12.1 Å². The number of aliphatic hydroxyl groups excluding tert-OH is 1. The molecule has 2 nitrogen and oxygen atoms in total. The number of hydrogen-bond acceptors (Lipinski definition) is 2. The molecule has 0 spiro atoms. The summed E-state index contributed by atoms with van der Waals surface area (Å²) in [7, 11) is 3.96. The predicted molar refractivity (Wildman–Crippen MR) is 57.1 cm³/mol. The van der Waals surface area contributed by atoms with E-state index in [9.17, 15) is 9.50 Å². The molecule has 1 aliphatic rings. The molecule has 0 saturated heterocycles. The first-order valence-corrected chi connectivity index (χ1v) is 5.19. The molecular weight excluding hydrogens is 193 g/mol. The van der Waals surface area contributed by atoms with Gasteiger partial charge in [0, 0.05) is 12.5 Å². The van der Waals surface area contributed by atoms with E-state index < -0.39 is 6.10 Å². The molecule has 0 fully saturated rings.